The van der Waals surface area contributed by atoms with E-state index in [1.165, 1.54) is 18.2 Å². The molecule has 2 aromatic rings. The smallest absolute Gasteiger partial charge is 0.246 e. The maximum atomic E-state index is 13.1. The Bertz CT molecular complexity index is 1140. The molecule has 1 atom stereocenters. The number of unbranched alkanes of at least 4 members (excludes halogenated alkanes) is 1. The zero-order valence-electron chi connectivity index (χ0n) is 20.8. The summed E-state index contributed by atoms with van der Waals surface area (Å²) in [6.45, 7) is 1.76. The van der Waals surface area contributed by atoms with Gasteiger partial charge in [-0.05, 0) is 51.2 Å². The average molecular weight is 494 g/mol. The fraction of sp³-hybridized carbons (Fsp3) is 0.385. The monoisotopic (exact) mass is 493 g/mol. The summed E-state index contributed by atoms with van der Waals surface area (Å²) in [7, 11) is 5.60. The molecule has 9 nitrogen and oxygen atoms in total. The van der Waals surface area contributed by atoms with Gasteiger partial charge in [0.1, 0.15) is 17.7 Å². The average Bonchev–Trinajstić information content (AvgIpc) is 2.82. The Kier molecular flexibility index (Phi) is 9.77. The molecule has 2 amide bonds. The highest BCUT2D eigenvalue weighted by molar-refractivity contribution is 5.94. The van der Waals surface area contributed by atoms with Crippen molar-refractivity contribution in [3.63, 3.8) is 0 Å². The molecule has 1 aliphatic rings. The van der Waals surface area contributed by atoms with Gasteiger partial charge in [0, 0.05) is 44.9 Å². The van der Waals surface area contributed by atoms with Crippen molar-refractivity contribution in [2.45, 2.75) is 25.3 Å². The molecule has 0 saturated carbocycles. The molecule has 1 fully saturated rings. The second-order valence-corrected chi connectivity index (χ2v) is 8.53. The number of halogens is 1. The van der Waals surface area contributed by atoms with Crippen LogP contribution in [0.4, 0.5) is 21.8 Å². The quantitative estimate of drug-likeness (QED) is 0.265. The number of anilines is 3. The molecular weight excluding hydrogens is 461 g/mol. The molecule has 1 aromatic carbocycles. The zero-order valence-corrected chi connectivity index (χ0v) is 20.8. The molecule has 3 N–H and O–H groups in total. The maximum absolute atomic E-state index is 13.1. The van der Waals surface area contributed by atoms with E-state index >= 15 is 0 Å². The highest BCUT2D eigenvalue weighted by Gasteiger charge is 2.36. The van der Waals surface area contributed by atoms with Crippen molar-refractivity contribution >= 4 is 29.3 Å². The molecule has 1 aliphatic heterocycles. The van der Waals surface area contributed by atoms with Gasteiger partial charge < -0.3 is 25.8 Å². The minimum atomic E-state index is -0.398. The van der Waals surface area contributed by atoms with E-state index in [1.807, 2.05) is 19.0 Å². The minimum Gasteiger partial charge on any atom is -0.372 e. The third-order valence-electron chi connectivity index (χ3n) is 5.46. The first-order chi connectivity index (χ1) is 17.4. The number of rotatable bonds is 10. The lowest BCUT2D eigenvalue weighted by Crippen LogP contribution is -2.58. The standard InChI is InChI=1S/C26H32FN7O2/c1-28-24-19(18-30-26(32-24)31-21-12-10-20(27)11-13-21)8-5-4-6-15-29-25(36)22-14-17-34(22)23(35)9-7-16-33(2)3/h7,9-13,18,22H,4,6,14-17H2,1-3H3,(H,29,36)(H2,28,30,31,32)/t22-/m0/s1. The van der Waals surface area contributed by atoms with Crippen LogP contribution in [0.2, 0.25) is 0 Å². The van der Waals surface area contributed by atoms with Crippen molar-refractivity contribution in [3.8, 4) is 11.8 Å². The summed E-state index contributed by atoms with van der Waals surface area (Å²) in [6.07, 6.45) is 6.89. The Labute approximate surface area is 211 Å². The first-order valence-corrected chi connectivity index (χ1v) is 11.8. The van der Waals surface area contributed by atoms with Gasteiger partial charge in [0.2, 0.25) is 17.8 Å². The van der Waals surface area contributed by atoms with Crippen molar-refractivity contribution in [2.75, 3.05) is 51.4 Å². The molecule has 0 radical (unpaired) electrons. The van der Waals surface area contributed by atoms with E-state index in [1.54, 1.807) is 36.4 Å². The van der Waals surface area contributed by atoms with E-state index in [0.29, 0.717) is 61.9 Å². The van der Waals surface area contributed by atoms with Crippen molar-refractivity contribution < 1.29 is 14.0 Å². The van der Waals surface area contributed by atoms with Gasteiger partial charge in [0.25, 0.3) is 0 Å². The van der Waals surface area contributed by atoms with Crippen LogP contribution in [-0.2, 0) is 9.59 Å². The molecular formula is C26H32FN7O2. The molecule has 0 spiro atoms. The van der Waals surface area contributed by atoms with Gasteiger partial charge in [-0.2, -0.15) is 4.98 Å². The molecule has 190 valence electrons. The minimum absolute atomic E-state index is 0.126. The van der Waals surface area contributed by atoms with E-state index in [-0.39, 0.29) is 17.6 Å². The van der Waals surface area contributed by atoms with Crippen LogP contribution in [0.1, 0.15) is 24.8 Å². The molecule has 0 bridgehead atoms. The van der Waals surface area contributed by atoms with E-state index < -0.39 is 6.04 Å². The number of nitrogens with one attached hydrogen (secondary N) is 3. The van der Waals surface area contributed by atoms with Crippen LogP contribution in [0, 0.1) is 17.7 Å². The molecule has 0 aliphatic carbocycles. The van der Waals surface area contributed by atoms with Gasteiger partial charge >= 0.3 is 0 Å². The van der Waals surface area contributed by atoms with Crippen LogP contribution in [-0.4, -0.2) is 78.4 Å². The molecule has 3 rings (SSSR count). The van der Waals surface area contributed by atoms with Gasteiger partial charge in [0.05, 0.1) is 11.8 Å². The summed E-state index contributed by atoms with van der Waals surface area (Å²) in [6, 6.07) is 5.53. The predicted molar refractivity (Wildman–Crippen MR) is 138 cm³/mol. The van der Waals surface area contributed by atoms with Crippen LogP contribution in [0.25, 0.3) is 0 Å². The van der Waals surface area contributed by atoms with Crippen molar-refractivity contribution in [3.05, 3.63) is 54.0 Å². The number of hydrogen-bond donors (Lipinski definition) is 3. The lowest BCUT2D eigenvalue weighted by atomic mass is 10.0. The summed E-state index contributed by atoms with van der Waals surface area (Å²) in [4.78, 5) is 36.9. The van der Waals surface area contributed by atoms with Gasteiger partial charge in [-0.1, -0.05) is 17.9 Å². The largest absolute Gasteiger partial charge is 0.372 e. The van der Waals surface area contributed by atoms with Crippen molar-refractivity contribution in [1.82, 2.24) is 25.1 Å². The maximum Gasteiger partial charge on any atom is 0.246 e. The molecule has 0 unspecified atom stereocenters. The number of aromatic nitrogens is 2. The highest BCUT2D eigenvalue weighted by atomic mass is 19.1. The van der Waals surface area contributed by atoms with Crippen LogP contribution < -0.4 is 16.0 Å². The fourth-order valence-electron chi connectivity index (χ4n) is 3.43. The van der Waals surface area contributed by atoms with Gasteiger partial charge in [-0.3, -0.25) is 9.59 Å². The van der Waals surface area contributed by atoms with Crippen molar-refractivity contribution in [2.24, 2.45) is 0 Å². The van der Waals surface area contributed by atoms with Crippen LogP contribution in [0.15, 0.2) is 42.6 Å². The summed E-state index contributed by atoms with van der Waals surface area (Å²) in [5, 5.41) is 8.93. The molecule has 2 heterocycles. The normalized spacial score (nSPS) is 14.7. The number of carbonyl (C=O) groups is 2. The Morgan fingerprint density at radius 2 is 2.06 bits per heavy atom. The molecule has 1 aromatic heterocycles. The lowest BCUT2D eigenvalue weighted by Gasteiger charge is -2.39. The summed E-state index contributed by atoms with van der Waals surface area (Å²) in [5.74, 6) is 6.51. The third kappa shape index (κ3) is 7.78. The Morgan fingerprint density at radius 1 is 1.28 bits per heavy atom. The highest BCUT2D eigenvalue weighted by Crippen LogP contribution is 2.18. The second kappa shape index (κ2) is 13.2. The lowest BCUT2D eigenvalue weighted by molar-refractivity contribution is -0.143. The number of nitrogens with zero attached hydrogens (tertiary/aromatic N) is 4. The van der Waals surface area contributed by atoms with E-state index in [4.69, 9.17) is 0 Å². The topological polar surface area (TPSA) is 102 Å². The SMILES string of the molecule is CNc1nc(Nc2ccc(F)cc2)ncc1C#CCCCNC(=O)[C@@H]1CCN1C(=O)C=CCN(C)C. The number of benzene rings is 1. The number of likely N-dealkylation sites (N-methyl/N-ethyl adjacent to an activating group) is 1. The van der Waals surface area contributed by atoms with E-state index in [0.717, 1.165) is 0 Å². The summed E-state index contributed by atoms with van der Waals surface area (Å²) < 4.78 is 13.1. The first-order valence-electron chi connectivity index (χ1n) is 11.8. The first kappa shape index (κ1) is 26.6. The Hall–Kier alpha value is -3.97. The Balaban J connectivity index is 1.42. The molecule has 1 saturated heterocycles. The summed E-state index contributed by atoms with van der Waals surface area (Å²) in [5.41, 5.74) is 1.33. The van der Waals surface area contributed by atoms with Gasteiger partial charge in [-0.25, -0.2) is 9.37 Å². The Morgan fingerprint density at radius 3 is 2.72 bits per heavy atom. The van der Waals surface area contributed by atoms with Crippen LogP contribution >= 0.6 is 0 Å². The molecule has 36 heavy (non-hydrogen) atoms. The number of carbonyl (C=O) groups excluding carboxylic acids is 2. The van der Waals surface area contributed by atoms with E-state index in [2.05, 4.69) is 37.8 Å². The second-order valence-electron chi connectivity index (χ2n) is 8.53. The van der Waals surface area contributed by atoms with Crippen molar-refractivity contribution in [1.29, 1.82) is 0 Å². The van der Waals surface area contributed by atoms with Gasteiger partial charge in [0.15, 0.2) is 0 Å². The zero-order chi connectivity index (χ0) is 25.9. The fourth-order valence-corrected chi connectivity index (χ4v) is 3.43. The number of amides is 2. The number of likely N-dealkylation sites (tertiary alicyclic amines) is 1. The predicted octanol–water partition coefficient (Wildman–Crippen LogP) is 2.37. The third-order valence-corrected chi connectivity index (χ3v) is 5.46. The van der Waals surface area contributed by atoms with Crippen LogP contribution in [0.5, 0.6) is 0 Å². The number of hydrogen-bond acceptors (Lipinski definition) is 7. The summed E-state index contributed by atoms with van der Waals surface area (Å²) >= 11 is 0. The van der Waals surface area contributed by atoms with Crippen LogP contribution in [0.3, 0.4) is 0 Å². The van der Waals surface area contributed by atoms with E-state index in [9.17, 15) is 14.0 Å². The van der Waals surface area contributed by atoms with Gasteiger partial charge in [-0.15, -0.1) is 0 Å². The molecule has 10 heteroatoms.